The molecule has 7 nitrogen and oxygen atoms in total. The molecule has 7 heteroatoms. The van der Waals surface area contributed by atoms with Gasteiger partial charge in [-0.3, -0.25) is 14.5 Å². The van der Waals surface area contributed by atoms with E-state index in [1.807, 2.05) is 31.2 Å². The van der Waals surface area contributed by atoms with Gasteiger partial charge >= 0.3 is 6.03 Å². The lowest BCUT2D eigenvalue weighted by molar-refractivity contribution is -0.125. The van der Waals surface area contributed by atoms with Crippen LogP contribution in [0.3, 0.4) is 0 Å². The van der Waals surface area contributed by atoms with Gasteiger partial charge in [0.15, 0.2) is 0 Å². The van der Waals surface area contributed by atoms with Crippen molar-refractivity contribution in [1.29, 1.82) is 0 Å². The van der Waals surface area contributed by atoms with E-state index in [1.165, 1.54) is 0 Å². The maximum absolute atomic E-state index is 11.8. The number of urea groups is 1. The summed E-state index contributed by atoms with van der Waals surface area (Å²) in [6.45, 7) is 2.96. The van der Waals surface area contributed by atoms with Gasteiger partial charge in [0, 0.05) is 13.1 Å². The highest BCUT2D eigenvalue weighted by Crippen LogP contribution is 2.12. The van der Waals surface area contributed by atoms with Crippen molar-refractivity contribution in [2.75, 3.05) is 26.2 Å². The van der Waals surface area contributed by atoms with Gasteiger partial charge in [0.25, 0.3) is 0 Å². The molecule has 1 aliphatic heterocycles. The first-order valence-corrected chi connectivity index (χ1v) is 7.16. The zero-order chi connectivity index (χ0) is 15.9. The molecule has 0 unspecified atom stereocenters. The average Bonchev–Trinajstić information content (AvgIpc) is 2.81. The number of carbonyl (C=O) groups excluding carboxylic acids is 3. The zero-order valence-corrected chi connectivity index (χ0v) is 12.4. The summed E-state index contributed by atoms with van der Waals surface area (Å²) < 4.78 is 5.33. The van der Waals surface area contributed by atoms with E-state index in [9.17, 15) is 14.4 Å². The van der Waals surface area contributed by atoms with Crippen molar-refractivity contribution in [2.45, 2.75) is 13.3 Å². The fourth-order valence-electron chi connectivity index (χ4n) is 2.11. The number of hydrogen-bond donors (Lipinski definition) is 2. The Morgan fingerprint density at radius 2 is 2.05 bits per heavy atom. The van der Waals surface area contributed by atoms with Crippen molar-refractivity contribution < 1.29 is 19.1 Å². The molecular weight excluding hydrogens is 286 g/mol. The Morgan fingerprint density at radius 1 is 1.32 bits per heavy atom. The Kier molecular flexibility index (Phi) is 5.35. The van der Waals surface area contributed by atoms with Crippen molar-refractivity contribution in [1.82, 2.24) is 15.5 Å². The summed E-state index contributed by atoms with van der Waals surface area (Å²) in [6.07, 6.45) is 0.243. The highest BCUT2D eigenvalue weighted by molar-refractivity contribution is 6.01. The number of carbonyl (C=O) groups is 3. The van der Waals surface area contributed by atoms with Crippen molar-refractivity contribution in [3.63, 3.8) is 0 Å². The zero-order valence-electron chi connectivity index (χ0n) is 12.4. The van der Waals surface area contributed by atoms with Crippen LogP contribution in [0.4, 0.5) is 4.79 Å². The summed E-state index contributed by atoms with van der Waals surface area (Å²) in [5.74, 6) is 0.340. The first-order valence-electron chi connectivity index (χ1n) is 7.16. The summed E-state index contributed by atoms with van der Waals surface area (Å²) in [4.78, 5) is 35.6. The normalized spacial score (nSPS) is 14.0. The van der Waals surface area contributed by atoms with E-state index in [0.29, 0.717) is 6.61 Å². The van der Waals surface area contributed by atoms with Crippen LogP contribution in [0.2, 0.25) is 0 Å². The second kappa shape index (κ2) is 7.44. The minimum Gasteiger partial charge on any atom is -0.494 e. The highest BCUT2D eigenvalue weighted by atomic mass is 16.5. The van der Waals surface area contributed by atoms with E-state index in [4.69, 9.17) is 4.74 Å². The third-order valence-corrected chi connectivity index (χ3v) is 3.19. The maximum Gasteiger partial charge on any atom is 0.324 e. The molecular formula is C15H19N3O4. The molecule has 0 spiro atoms. The fraction of sp³-hybridized carbons (Fsp3) is 0.400. The number of nitrogens with one attached hydrogen (secondary N) is 2. The Bertz CT molecular complexity index is 540. The van der Waals surface area contributed by atoms with Crippen LogP contribution in [0, 0.1) is 0 Å². The SMILES string of the molecule is CCOc1ccc(CC(=O)NCCN2C(=O)CNC2=O)cc1. The number of ether oxygens (including phenoxy) is 1. The quantitative estimate of drug-likeness (QED) is 0.709. The molecule has 0 atom stereocenters. The minimum atomic E-state index is -0.411. The van der Waals surface area contributed by atoms with Gasteiger partial charge in [-0.1, -0.05) is 12.1 Å². The first kappa shape index (κ1) is 15.8. The number of amides is 4. The molecule has 118 valence electrons. The predicted octanol–water partition coefficient (Wildman–Crippen LogP) is 0.296. The lowest BCUT2D eigenvalue weighted by atomic mass is 10.1. The lowest BCUT2D eigenvalue weighted by Gasteiger charge is -2.12. The third kappa shape index (κ3) is 4.21. The maximum atomic E-state index is 11.8. The van der Waals surface area contributed by atoms with Gasteiger partial charge in [-0.05, 0) is 24.6 Å². The molecule has 1 saturated heterocycles. The number of rotatable bonds is 7. The average molecular weight is 305 g/mol. The van der Waals surface area contributed by atoms with Crippen LogP contribution in [-0.4, -0.2) is 49.0 Å². The van der Waals surface area contributed by atoms with E-state index in [1.54, 1.807) is 0 Å². The van der Waals surface area contributed by atoms with Gasteiger partial charge in [0.2, 0.25) is 11.8 Å². The molecule has 2 N–H and O–H groups in total. The summed E-state index contributed by atoms with van der Waals surface area (Å²) in [6, 6.07) is 6.90. The molecule has 4 amide bonds. The van der Waals surface area contributed by atoms with Crippen molar-refractivity contribution >= 4 is 17.8 Å². The summed E-state index contributed by atoms with van der Waals surface area (Å²) in [5.41, 5.74) is 0.871. The Hall–Kier alpha value is -2.57. The van der Waals surface area contributed by atoms with Crippen LogP contribution < -0.4 is 15.4 Å². The molecule has 2 rings (SSSR count). The van der Waals surface area contributed by atoms with E-state index < -0.39 is 6.03 Å². The van der Waals surface area contributed by atoms with Crippen LogP contribution in [0.5, 0.6) is 5.75 Å². The largest absolute Gasteiger partial charge is 0.494 e. The molecule has 1 heterocycles. The van der Waals surface area contributed by atoms with Crippen molar-refractivity contribution in [3.05, 3.63) is 29.8 Å². The van der Waals surface area contributed by atoms with Gasteiger partial charge < -0.3 is 15.4 Å². The predicted molar refractivity (Wildman–Crippen MR) is 79.4 cm³/mol. The fourth-order valence-corrected chi connectivity index (χ4v) is 2.11. The van der Waals surface area contributed by atoms with E-state index in [0.717, 1.165) is 16.2 Å². The molecule has 1 aromatic rings. The minimum absolute atomic E-state index is 0.0267. The van der Waals surface area contributed by atoms with Gasteiger partial charge in [0.1, 0.15) is 5.75 Å². The van der Waals surface area contributed by atoms with Gasteiger partial charge in [-0.15, -0.1) is 0 Å². The smallest absolute Gasteiger partial charge is 0.324 e. The molecule has 0 radical (unpaired) electrons. The molecule has 22 heavy (non-hydrogen) atoms. The monoisotopic (exact) mass is 305 g/mol. The van der Waals surface area contributed by atoms with Crippen LogP contribution in [0.1, 0.15) is 12.5 Å². The van der Waals surface area contributed by atoms with Crippen LogP contribution in [0.15, 0.2) is 24.3 Å². The second-order valence-electron chi connectivity index (χ2n) is 4.81. The summed E-state index contributed by atoms with van der Waals surface area (Å²) in [5, 5.41) is 5.12. The Balaban J connectivity index is 1.73. The molecule has 1 aliphatic rings. The summed E-state index contributed by atoms with van der Waals surface area (Å²) >= 11 is 0. The molecule has 0 bridgehead atoms. The number of nitrogens with zero attached hydrogens (tertiary/aromatic N) is 1. The van der Waals surface area contributed by atoms with Gasteiger partial charge in [-0.2, -0.15) is 0 Å². The van der Waals surface area contributed by atoms with Crippen molar-refractivity contribution in [2.24, 2.45) is 0 Å². The Labute approximate surface area is 128 Å². The molecule has 1 aromatic carbocycles. The van der Waals surface area contributed by atoms with Crippen LogP contribution in [-0.2, 0) is 16.0 Å². The number of hydrogen-bond acceptors (Lipinski definition) is 4. The van der Waals surface area contributed by atoms with Crippen molar-refractivity contribution in [3.8, 4) is 5.75 Å². The van der Waals surface area contributed by atoms with E-state index in [-0.39, 0.29) is 37.9 Å². The number of benzene rings is 1. The Morgan fingerprint density at radius 3 is 2.64 bits per heavy atom. The molecule has 1 fully saturated rings. The van der Waals surface area contributed by atoms with Crippen LogP contribution >= 0.6 is 0 Å². The van der Waals surface area contributed by atoms with E-state index >= 15 is 0 Å². The van der Waals surface area contributed by atoms with Crippen LogP contribution in [0.25, 0.3) is 0 Å². The molecule has 0 saturated carbocycles. The number of imide groups is 1. The highest BCUT2D eigenvalue weighted by Gasteiger charge is 2.27. The topological polar surface area (TPSA) is 87.7 Å². The summed E-state index contributed by atoms with van der Waals surface area (Å²) in [7, 11) is 0. The molecule has 0 aliphatic carbocycles. The van der Waals surface area contributed by atoms with Gasteiger partial charge in [0.05, 0.1) is 19.6 Å². The first-order chi connectivity index (χ1) is 10.6. The van der Waals surface area contributed by atoms with Gasteiger partial charge in [-0.25, -0.2) is 4.79 Å². The molecule has 0 aromatic heterocycles. The lowest BCUT2D eigenvalue weighted by Crippen LogP contribution is -2.39. The van der Waals surface area contributed by atoms with E-state index in [2.05, 4.69) is 10.6 Å². The standard InChI is InChI=1S/C15H19N3O4/c1-2-22-12-5-3-11(4-6-12)9-13(19)16-7-8-18-14(20)10-17-15(18)21/h3-6H,2,7-10H2,1H3,(H,16,19)(H,17,21). The second-order valence-corrected chi connectivity index (χ2v) is 4.81. The third-order valence-electron chi connectivity index (χ3n) is 3.19.